The Morgan fingerprint density at radius 1 is 1.17 bits per heavy atom. The van der Waals surface area contributed by atoms with Crippen molar-refractivity contribution in [1.82, 2.24) is 10.2 Å². The molecular formula is C20H26N2O2. The van der Waals surface area contributed by atoms with E-state index in [0.717, 1.165) is 36.3 Å². The number of aryl methyl sites for hydroxylation is 2. The van der Waals surface area contributed by atoms with Crippen molar-refractivity contribution in [2.75, 3.05) is 13.1 Å². The molecule has 3 fully saturated rings. The maximum absolute atomic E-state index is 12.4. The Hall–Kier alpha value is -1.84. The Kier molecular flexibility index (Phi) is 4.07. The highest BCUT2D eigenvalue weighted by Crippen LogP contribution is 2.55. The summed E-state index contributed by atoms with van der Waals surface area (Å²) < 4.78 is 0. The lowest BCUT2D eigenvalue weighted by atomic mass is 9.77. The van der Waals surface area contributed by atoms with Crippen LogP contribution in [0.15, 0.2) is 24.3 Å². The topological polar surface area (TPSA) is 49.4 Å². The molecule has 4 heteroatoms. The number of carbonyl (C=O) groups is 2. The molecule has 2 aliphatic carbocycles. The number of rotatable bonds is 5. The SMILES string of the molecule is Cc1ccc(CCC(=O)NCC(=O)N2C[C@H]3[C@H]4CC[C@@H](C4)[C@H]32)cc1. The van der Waals surface area contributed by atoms with Gasteiger partial charge in [-0.1, -0.05) is 29.8 Å². The van der Waals surface area contributed by atoms with Crippen molar-refractivity contribution in [3.05, 3.63) is 35.4 Å². The third-order valence-corrected chi connectivity index (χ3v) is 6.33. The quantitative estimate of drug-likeness (QED) is 0.902. The van der Waals surface area contributed by atoms with Crippen LogP contribution in [0.2, 0.25) is 0 Å². The molecule has 3 aliphatic rings. The summed E-state index contributed by atoms with van der Waals surface area (Å²) in [6.07, 6.45) is 5.13. The van der Waals surface area contributed by atoms with Crippen LogP contribution in [0, 0.1) is 24.7 Å². The Labute approximate surface area is 143 Å². The van der Waals surface area contributed by atoms with Crippen LogP contribution in [-0.2, 0) is 16.0 Å². The van der Waals surface area contributed by atoms with E-state index in [1.165, 1.54) is 24.8 Å². The number of carbonyl (C=O) groups excluding carboxylic acids is 2. The van der Waals surface area contributed by atoms with E-state index in [1.54, 1.807) is 0 Å². The fraction of sp³-hybridized carbons (Fsp3) is 0.600. The summed E-state index contributed by atoms with van der Waals surface area (Å²) in [6.45, 7) is 3.13. The van der Waals surface area contributed by atoms with Crippen molar-refractivity contribution in [2.45, 2.75) is 45.1 Å². The average Bonchev–Trinajstić information content (AvgIpc) is 3.09. The van der Waals surface area contributed by atoms with Crippen molar-refractivity contribution < 1.29 is 9.59 Å². The van der Waals surface area contributed by atoms with Crippen molar-refractivity contribution in [2.24, 2.45) is 17.8 Å². The molecule has 4 nitrogen and oxygen atoms in total. The monoisotopic (exact) mass is 326 g/mol. The normalized spacial score (nSPS) is 30.0. The number of benzene rings is 1. The second-order valence-corrected chi connectivity index (χ2v) is 7.80. The Bertz CT molecular complexity index is 638. The third kappa shape index (κ3) is 2.83. The number of hydrogen-bond donors (Lipinski definition) is 1. The molecule has 128 valence electrons. The summed E-state index contributed by atoms with van der Waals surface area (Å²) in [5.74, 6) is 2.43. The summed E-state index contributed by atoms with van der Waals surface area (Å²) in [6, 6.07) is 8.73. The van der Waals surface area contributed by atoms with E-state index in [9.17, 15) is 9.59 Å². The summed E-state index contributed by atoms with van der Waals surface area (Å²) in [5, 5.41) is 2.81. The van der Waals surface area contributed by atoms with E-state index in [1.807, 2.05) is 4.90 Å². The Morgan fingerprint density at radius 3 is 2.67 bits per heavy atom. The first-order valence-corrected chi connectivity index (χ1v) is 9.23. The largest absolute Gasteiger partial charge is 0.347 e. The third-order valence-electron chi connectivity index (χ3n) is 6.33. The summed E-state index contributed by atoms with van der Waals surface area (Å²) >= 11 is 0. The number of likely N-dealkylation sites (tertiary alicyclic amines) is 1. The molecule has 0 aromatic heterocycles. The van der Waals surface area contributed by atoms with Crippen LogP contribution in [0.3, 0.4) is 0 Å². The summed E-state index contributed by atoms with van der Waals surface area (Å²) in [7, 11) is 0. The molecule has 0 spiro atoms. The Balaban J connectivity index is 1.20. The molecule has 1 aliphatic heterocycles. The highest BCUT2D eigenvalue weighted by Gasteiger charge is 2.57. The second-order valence-electron chi connectivity index (χ2n) is 7.80. The molecule has 1 aromatic rings. The number of nitrogens with zero attached hydrogens (tertiary/aromatic N) is 1. The van der Waals surface area contributed by atoms with E-state index in [2.05, 4.69) is 36.5 Å². The van der Waals surface area contributed by atoms with Gasteiger partial charge in [0.15, 0.2) is 0 Å². The molecule has 2 amide bonds. The lowest BCUT2D eigenvalue weighted by molar-refractivity contribution is -0.147. The Morgan fingerprint density at radius 2 is 1.92 bits per heavy atom. The number of hydrogen-bond acceptors (Lipinski definition) is 2. The lowest BCUT2D eigenvalue weighted by Gasteiger charge is -2.50. The minimum atomic E-state index is -0.0334. The molecule has 1 aromatic carbocycles. The first-order valence-electron chi connectivity index (χ1n) is 9.23. The molecule has 1 saturated heterocycles. The highest BCUT2D eigenvalue weighted by atomic mass is 16.2. The minimum absolute atomic E-state index is 0.0334. The fourth-order valence-corrected chi connectivity index (χ4v) is 4.98. The van der Waals surface area contributed by atoms with Crippen LogP contribution in [0.5, 0.6) is 0 Å². The molecule has 0 unspecified atom stereocenters. The van der Waals surface area contributed by atoms with Gasteiger partial charge in [0.25, 0.3) is 0 Å². The van der Waals surface area contributed by atoms with Crippen LogP contribution in [0.1, 0.15) is 36.8 Å². The molecule has 1 N–H and O–H groups in total. The van der Waals surface area contributed by atoms with Gasteiger partial charge in [0.2, 0.25) is 11.8 Å². The maximum Gasteiger partial charge on any atom is 0.242 e. The number of fused-ring (bicyclic) bond motifs is 5. The van der Waals surface area contributed by atoms with Gasteiger partial charge in [0.05, 0.1) is 6.54 Å². The zero-order valence-corrected chi connectivity index (χ0v) is 14.3. The highest BCUT2D eigenvalue weighted by molar-refractivity contribution is 5.85. The van der Waals surface area contributed by atoms with E-state index < -0.39 is 0 Å². The van der Waals surface area contributed by atoms with Crippen LogP contribution in [-0.4, -0.2) is 35.8 Å². The van der Waals surface area contributed by atoms with E-state index in [0.29, 0.717) is 12.5 Å². The summed E-state index contributed by atoms with van der Waals surface area (Å²) in [4.78, 5) is 26.4. The molecule has 4 rings (SSSR count). The molecule has 2 bridgehead atoms. The summed E-state index contributed by atoms with van der Waals surface area (Å²) in [5.41, 5.74) is 2.39. The molecule has 4 atom stereocenters. The van der Waals surface area contributed by atoms with Gasteiger partial charge in [-0.25, -0.2) is 0 Å². The molecule has 2 saturated carbocycles. The van der Waals surface area contributed by atoms with E-state index >= 15 is 0 Å². The van der Waals surface area contributed by atoms with Crippen molar-refractivity contribution in [1.29, 1.82) is 0 Å². The second kappa shape index (κ2) is 6.23. The zero-order chi connectivity index (χ0) is 16.7. The van der Waals surface area contributed by atoms with Gasteiger partial charge in [-0.3, -0.25) is 9.59 Å². The van der Waals surface area contributed by atoms with E-state index in [4.69, 9.17) is 0 Å². The first kappa shape index (κ1) is 15.7. The van der Waals surface area contributed by atoms with Crippen LogP contribution in [0.4, 0.5) is 0 Å². The number of amides is 2. The predicted octanol–water partition coefficient (Wildman–Crippen LogP) is 2.30. The van der Waals surface area contributed by atoms with E-state index in [-0.39, 0.29) is 18.4 Å². The predicted molar refractivity (Wildman–Crippen MR) is 92.3 cm³/mol. The van der Waals surface area contributed by atoms with Crippen LogP contribution in [0.25, 0.3) is 0 Å². The van der Waals surface area contributed by atoms with Gasteiger partial charge in [-0.05, 0) is 50.0 Å². The van der Waals surface area contributed by atoms with Crippen molar-refractivity contribution >= 4 is 11.8 Å². The standard InChI is InChI=1S/C20H26N2O2/c1-13-2-4-14(5-3-13)6-9-18(23)21-11-19(24)22-12-17-15-7-8-16(10-15)20(17)22/h2-5,15-17,20H,6-12H2,1H3,(H,21,23)/t15-,16-,17-,20+/m0/s1. The van der Waals surface area contributed by atoms with Crippen LogP contribution < -0.4 is 5.32 Å². The average molecular weight is 326 g/mol. The smallest absolute Gasteiger partial charge is 0.242 e. The molecular weight excluding hydrogens is 300 g/mol. The molecule has 24 heavy (non-hydrogen) atoms. The van der Waals surface area contributed by atoms with Gasteiger partial charge in [-0.2, -0.15) is 0 Å². The molecule has 0 radical (unpaired) electrons. The molecule has 1 heterocycles. The van der Waals surface area contributed by atoms with Gasteiger partial charge in [-0.15, -0.1) is 0 Å². The lowest BCUT2D eigenvalue weighted by Crippen LogP contribution is -2.62. The maximum atomic E-state index is 12.4. The van der Waals surface area contributed by atoms with Gasteiger partial charge in [0.1, 0.15) is 0 Å². The minimum Gasteiger partial charge on any atom is -0.347 e. The van der Waals surface area contributed by atoms with Gasteiger partial charge >= 0.3 is 0 Å². The van der Waals surface area contributed by atoms with Crippen molar-refractivity contribution in [3.63, 3.8) is 0 Å². The zero-order valence-electron chi connectivity index (χ0n) is 14.3. The fourth-order valence-electron chi connectivity index (χ4n) is 4.98. The van der Waals surface area contributed by atoms with Crippen molar-refractivity contribution in [3.8, 4) is 0 Å². The first-order chi connectivity index (χ1) is 11.6. The van der Waals surface area contributed by atoms with Gasteiger partial charge < -0.3 is 10.2 Å². The van der Waals surface area contributed by atoms with Gasteiger partial charge in [0, 0.05) is 24.9 Å². The number of nitrogens with one attached hydrogen (secondary N) is 1. The van der Waals surface area contributed by atoms with Crippen LogP contribution >= 0.6 is 0 Å².